The van der Waals surface area contributed by atoms with Crippen LogP contribution < -0.4 is 14.4 Å². The second kappa shape index (κ2) is 10.5. The van der Waals surface area contributed by atoms with Gasteiger partial charge < -0.3 is 23.9 Å². The fraction of sp³-hybridized carbons (Fsp3) is 0.480. The van der Waals surface area contributed by atoms with E-state index >= 15 is 0 Å². The van der Waals surface area contributed by atoms with E-state index < -0.39 is 0 Å². The van der Waals surface area contributed by atoms with Gasteiger partial charge in [0.15, 0.2) is 6.79 Å². The molecule has 5 heteroatoms. The van der Waals surface area contributed by atoms with E-state index in [4.69, 9.17) is 14.2 Å². The molecule has 1 heterocycles. The maximum atomic E-state index is 11.3. The van der Waals surface area contributed by atoms with Crippen molar-refractivity contribution in [2.24, 2.45) is 0 Å². The van der Waals surface area contributed by atoms with Gasteiger partial charge in [-0.3, -0.25) is 0 Å². The van der Waals surface area contributed by atoms with Crippen molar-refractivity contribution < 1.29 is 19.0 Å². The van der Waals surface area contributed by atoms with Crippen molar-refractivity contribution in [2.75, 3.05) is 24.8 Å². The van der Waals surface area contributed by atoms with Gasteiger partial charge in [0.2, 0.25) is 0 Å². The molecule has 1 saturated heterocycles. The van der Waals surface area contributed by atoms with Crippen molar-refractivity contribution in [3.8, 4) is 11.5 Å². The lowest BCUT2D eigenvalue weighted by Gasteiger charge is -2.20. The first-order chi connectivity index (χ1) is 14.4. The molecule has 1 aliphatic rings. The molecule has 5 nitrogen and oxygen atoms in total. The number of anilines is 1. The van der Waals surface area contributed by atoms with Crippen LogP contribution in [0.2, 0.25) is 0 Å². The number of carbonyl (C=O) groups is 1. The second-order valence-corrected chi connectivity index (χ2v) is 8.32. The van der Waals surface area contributed by atoms with Crippen molar-refractivity contribution >= 4 is 11.5 Å². The Hall–Kier alpha value is -2.53. The standard InChI is InChI=1S/C25H33NO4/c1-18(2)28-17-29-23-11-7-22(8-12-23)26-14-13-25(16-26)30-24-9-5-21(6-10-24)19(3)15-20(4)27/h5-12,18-19,25H,13-17H2,1-4H3/t19-,25?/m1/s1. The van der Waals surface area contributed by atoms with Gasteiger partial charge in [-0.2, -0.15) is 0 Å². The molecule has 2 aromatic rings. The highest BCUT2D eigenvalue weighted by Gasteiger charge is 2.24. The van der Waals surface area contributed by atoms with Gasteiger partial charge in [0.05, 0.1) is 12.6 Å². The van der Waals surface area contributed by atoms with Crippen molar-refractivity contribution in [3.63, 3.8) is 0 Å². The molecule has 0 saturated carbocycles. The van der Waals surface area contributed by atoms with Crippen LogP contribution >= 0.6 is 0 Å². The third kappa shape index (κ3) is 6.49. The Bertz CT molecular complexity index is 801. The van der Waals surface area contributed by atoms with Gasteiger partial charge in [-0.05, 0) is 68.7 Å². The quantitative estimate of drug-likeness (QED) is 0.504. The maximum Gasteiger partial charge on any atom is 0.189 e. The molecule has 162 valence electrons. The fourth-order valence-electron chi connectivity index (χ4n) is 3.67. The Labute approximate surface area is 179 Å². The monoisotopic (exact) mass is 411 g/mol. The Morgan fingerprint density at radius 3 is 2.33 bits per heavy atom. The molecule has 0 aromatic heterocycles. The van der Waals surface area contributed by atoms with E-state index in [0.29, 0.717) is 6.42 Å². The average Bonchev–Trinajstić information content (AvgIpc) is 3.17. The lowest BCUT2D eigenvalue weighted by molar-refractivity contribution is -0.117. The second-order valence-electron chi connectivity index (χ2n) is 8.32. The summed E-state index contributed by atoms with van der Waals surface area (Å²) in [5.41, 5.74) is 2.35. The predicted molar refractivity (Wildman–Crippen MR) is 120 cm³/mol. The number of nitrogens with zero attached hydrogens (tertiary/aromatic N) is 1. The van der Waals surface area contributed by atoms with Crippen LogP contribution in [0.25, 0.3) is 0 Å². The van der Waals surface area contributed by atoms with Crippen LogP contribution in [0, 0.1) is 0 Å². The average molecular weight is 412 g/mol. The summed E-state index contributed by atoms with van der Waals surface area (Å²) in [5.74, 6) is 2.15. The Morgan fingerprint density at radius 2 is 1.70 bits per heavy atom. The fourth-order valence-corrected chi connectivity index (χ4v) is 3.67. The summed E-state index contributed by atoms with van der Waals surface area (Å²) in [5, 5.41) is 0. The Kier molecular flexibility index (Phi) is 7.75. The first-order valence-electron chi connectivity index (χ1n) is 10.8. The minimum Gasteiger partial charge on any atom is -0.489 e. The topological polar surface area (TPSA) is 48.0 Å². The highest BCUT2D eigenvalue weighted by molar-refractivity contribution is 5.76. The van der Waals surface area contributed by atoms with Crippen LogP contribution in [0.1, 0.15) is 52.0 Å². The zero-order valence-corrected chi connectivity index (χ0v) is 18.5. The van der Waals surface area contributed by atoms with E-state index in [0.717, 1.165) is 31.0 Å². The number of hydrogen-bond donors (Lipinski definition) is 0. The van der Waals surface area contributed by atoms with Crippen molar-refractivity contribution in [1.29, 1.82) is 0 Å². The van der Waals surface area contributed by atoms with Crippen LogP contribution in [-0.2, 0) is 9.53 Å². The van der Waals surface area contributed by atoms with Crippen LogP contribution in [-0.4, -0.2) is 37.9 Å². The molecule has 0 radical (unpaired) electrons. The van der Waals surface area contributed by atoms with Crippen molar-refractivity contribution in [2.45, 2.75) is 58.7 Å². The molecule has 0 spiro atoms. The van der Waals surface area contributed by atoms with Crippen LogP contribution in [0.4, 0.5) is 5.69 Å². The summed E-state index contributed by atoms with van der Waals surface area (Å²) in [6.45, 7) is 9.79. The van der Waals surface area contributed by atoms with E-state index in [9.17, 15) is 4.79 Å². The van der Waals surface area contributed by atoms with E-state index in [-0.39, 0.29) is 30.7 Å². The summed E-state index contributed by atoms with van der Waals surface area (Å²) in [6.07, 6.45) is 1.89. The third-order valence-electron chi connectivity index (χ3n) is 5.32. The maximum absolute atomic E-state index is 11.3. The third-order valence-corrected chi connectivity index (χ3v) is 5.32. The molecule has 0 amide bonds. The number of carbonyl (C=O) groups excluding carboxylic acids is 1. The van der Waals surface area contributed by atoms with E-state index in [1.165, 1.54) is 11.3 Å². The number of benzene rings is 2. The Balaban J connectivity index is 1.49. The number of ketones is 1. The summed E-state index contributed by atoms with van der Waals surface area (Å²) < 4.78 is 17.2. The normalized spacial score (nSPS) is 17.2. The minimum absolute atomic E-state index is 0.158. The van der Waals surface area contributed by atoms with Crippen LogP contribution in [0.15, 0.2) is 48.5 Å². The van der Waals surface area contributed by atoms with Gasteiger partial charge in [0.1, 0.15) is 23.4 Å². The lowest BCUT2D eigenvalue weighted by atomic mass is 9.96. The molecule has 0 N–H and O–H groups in total. The molecule has 2 atom stereocenters. The summed E-state index contributed by atoms with van der Waals surface area (Å²) >= 11 is 0. The molecular formula is C25H33NO4. The lowest BCUT2D eigenvalue weighted by Crippen LogP contribution is -2.24. The molecule has 3 rings (SSSR count). The van der Waals surface area contributed by atoms with E-state index in [1.807, 2.05) is 38.1 Å². The van der Waals surface area contributed by atoms with Crippen LogP contribution in [0.3, 0.4) is 0 Å². The van der Waals surface area contributed by atoms with Gasteiger partial charge in [-0.1, -0.05) is 19.1 Å². The SMILES string of the molecule is CC(=O)C[C@@H](C)c1ccc(OC2CCN(c3ccc(OCOC(C)C)cc3)C2)cc1. The molecule has 0 aliphatic carbocycles. The van der Waals surface area contributed by atoms with Crippen LogP contribution in [0.5, 0.6) is 11.5 Å². The van der Waals surface area contributed by atoms with Gasteiger partial charge in [-0.25, -0.2) is 0 Å². The smallest absolute Gasteiger partial charge is 0.189 e. The van der Waals surface area contributed by atoms with Crippen molar-refractivity contribution in [1.82, 2.24) is 0 Å². The van der Waals surface area contributed by atoms with Gasteiger partial charge in [-0.15, -0.1) is 0 Å². The summed E-state index contributed by atoms with van der Waals surface area (Å²) in [7, 11) is 0. The summed E-state index contributed by atoms with van der Waals surface area (Å²) in [4.78, 5) is 13.7. The Morgan fingerprint density at radius 1 is 1.03 bits per heavy atom. The van der Waals surface area contributed by atoms with Gasteiger partial charge >= 0.3 is 0 Å². The number of Topliss-reactive ketones (excluding diaryl/α,β-unsaturated/α-hetero) is 1. The van der Waals surface area contributed by atoms with Crippen molar-refractivity contribution in [3.05, 3.63) is 54.1 Å². The molecular weight excluding hydrogens is 378 g/mol. The van der Waals surface area contributed by atoms with Gasteiger partial charge in [0, 0.05) is 25.1 Å². The highest BCUT2D eigenvalue weighted by atomic mass is 16.7. The molecule has 0 bridgehead atoms. The predicted octanol–water partition coefficient (Wildman–Crippen LogP) is 5.19. The zero-order valence-electron chi connectivity index (χ0n) is 18.5. The molecule has 2 aromatic carbocycles. The highest BCUT2D eigenvalue weighted by Crippen LogP contribution is 2.27. The summed E-state index contributed by atoms with van der Waals surface area (Å²) in [6, 6.07) is 16.3. The number of hydrogen-bond acceptors (Lipinski definition) is 5. The first-order valence-corrected chi connectivity index (χ1v) is 10.8. The minimum atomic E-state index is 0.158. The van der Waals surface area contributed by atoms with E-state index in [2.05, 4.69) is 36.1 Å². The molecule has 1 unspecified atom stereocenters. The molecule has 1 aliphatic heterocycles. The molecule has 1 fully saturated rings. The van der Waals surface area contributed by atoms with Gasteiger partial charge in [0.25, 0.3) is 0 Å². The zero-order chi connectivity index (χ0) is 21.5. The van der Waals surface area contributed by atoms with E-state index in [1.54, 1.807) is 6.92 Å². The first kappa shape index (κ1) is 22.2. The number of ether oxygens (including phenoxy) is 3. The number of rotatable bonds is 10. The largest absolute Gasteiger partial charge is 0.489 e. The molecule has 30 heavy (non-hydrogen) atoms.